The molecular formula is C13H15FN2O2. The van der Waals surface area contributed by atoms with E-state index in [4.69, 9.17) is 14.9 Å². The van der Waals surface area contributed by atoms with Crippen molar-refractivity contribution >= 4 is 0 Å². The van der Waals surface area contributed by atoms with Gasteiger partial charge in [0.1, 0.15) is 6.26 Å². The summed E-state index contributed by atoms with van der Waals surface area (Å²) in [5, 5.41) is 0. The Morgan fingerprint density at radius 1 is 1.44 bits per heavy atom. The molecule has 0 amide bonds. The highest BCUT2D eigenvalue weighted by Crippen LogP contribution is 2.25. The largest absolute Gasteiger partial charge is 0.491 e. The van der Waals surface area contributed by atoms with E-state index in [-0.39, 0.29) is 5.75 Å². The molecule has 0 bridgehead atoms. The molecule has 1 aromatic carbocycles. The first-order valence-corrected chi connectivity index (χ1v) is 5.81. The van der Waals surface area contributed by atoms with E-state index in [9.17, 15) is 4.39 Å². The van der Waals surface area contributed by atoms with Crippen LogP contribution in [0.1, 0.15) is 12.6 Å². The van der Waals surface area contributed by atoms with Gasteiger partial charge < -0.3 is 14.9 Å². The van der Waals surface area contributed by atoms with Gasteiger partial charge in [0.2, 0.25) is 5.89 Å². The number of hydrogen-bond acceptors (Lipinski definition) is 4. The van der Waals surface area contributed by atoms with Gasteiger partial charge in [0, 0.05) is 12.0 Å². The molecule has 5 heteroatoms. The molecule has 0 unspecified atom stereocenters. The number of rotatable bonds is 5. The zero-order valence-corrected chi connectivity index (χ0v) is 10.1. The third kappa shape index (κ3) is 2.68. The average Bonchev–Trinajstić information content (AvgIpc) is 2.81. The molecule has 2 aromatic rings. The molecule has 2 rings (SSSR count). The molecule has 1 aromatic heterocycles. The lowest BCUT2D eigenvalue weighted by Crippen LogP contribution is -2.02. The fraction of sp³-hybridized carbons (Fsp3) is 0.308. The lowest BCUT2D eigenvalue weighted by Gasteiger charge is -2.04. The Morgan fingerprint density at radius 3 is 2.94 bits per heavy atom. The van der Waals surface area contributed by atoms with E-state index >= 15 is 0 Å². The third-order valence-corrected chi connectivity index (χ3v) is 2.43. The van der Waals surface area contributed by atoms with E-state index in [1.807, 2.05) is 0 Å². The predicted molar refractivity (Wildman–Crippen MR) is 65.8 cm³/mol. The minimum Gasteiger partial charge on any atom is -0.491 e. The number of halogens is 1. The lowest BCUT2D eigenvalue weighted by molar-refractivity contribution is 0.321. The second kappa shape index (κ2) is 5.64. The Kier molecular flexibility index (Phi) is 3.94. The van der Waals surface area contributed by atoms with Crippen LogP contribution in [0.5, 0.6) is 5.75 Å². The van der Waals surface area contributed by atoms with Gasteiger partial charge in [0.25, 0.3) is 0 Å². The monoisotopic (exact) mass is 250 g/mol. The maximum atomic E-state index is 13.7. The maximum absolute atomic E-state index is 13.7. The molecule has 0 saturated carbocycles. The normalized spacial score (nSPS) is 10.6. The summed E-state index contributed by atoms with van der Waals surface area (Å²) < 4.78 is 24.1. The van der Waals surface area contributed by atoms with E-state index in [2.05, 4.69) is 4.98 Å². The molecule has 0 aliphatic carbocycles. The first kappa shape index (κ1) is 12.6. The van der Waals surface area contributed by atoms with Crippen molar-refractivity contribution in [3.05, 3.63) is 36.0 Å². The van der Waals surface area contributed by atoms with Crippen LogP contribution in [0.25, 0.3) is 11.5 Å². The summed E-state index contributed by atoms with van der Waals surface area (Å²) in [4.78, 5) is 4.23. The standard InChI is InChI=1S/C13H15FN2O2/c1-2-17-12-4-3-9(7-11(12)14)13-16-10(5-6-15)8-18-13/h3-4,7-8H,2,5-6,15H2,1H3. The Labute approximate surface area is 105 Å². The van der Waals surface area contributed by atoms with Gasteiger partial charge >= 0.3 is 0 Å². The SMILES string of the molecule is CCOc1ccc(-c2nc(CCN)co2)cc1F. The van der Waals surface area contributed by atoms with E-state index in [0.29, 0.717) is 31.0 Å². The van der Waals surface area contributed by atoms with Crippen LogP contribution in [0.2, 0.25) is 0 Å². The highest BCUT2D eigenvalue weighted by atomic mass is 19.1. The van der Waals surface area contributed by atoms with Crippen LogP contribution >= 0.6 is 0 Å². The van der Waals surface area contributed by atoms with Gasteiger partial charge in [-0.05, 0) is 31.7 Å². The van der Waals surface area contributed by atoms with Gasteiger partial charge in [-0.1, -0.05) is 0 Å². The Bertz CT molecular complexity index is 525. The first-order chi connectivity index (χ1) is 8.74. The Morgan fingerprint density at radius 2 is 2.28 bits per heavy atom. The van der Waals surface area contributed by atoms with Gasteiger partial charge in [0.15, 0.2) is 11.6 Å². The number of aromatic nitrogens is 1. The van der Waals surface area contributed by atoms with E-state index in [1.54, 1.807) is 19.1 Å². The van der Waals surface area contributed by atoms with Crippen LogP contribution in [-0.4, -0.2) is 18.1 Å². The summed E-state index contributed by atoms with van der Waals surface area (Å²) in [7, 11) is 0. The zero-order valence-electron chi connectivity index (χ0n) is 10.1. The highest BCUT2D eigenvalue weighted by molar-refractivity contribution is 5.55. The number of ether oxygens (including phenoxy) is 1. The van der Waals surface area contributed by atoms with Gasteiger partial charge in [-0.2, -0.15) is 0 Å². The molecule has 0 spiro atoms. The van der Waals surface area contributed by atoms with Crippen LogP contribution in [-0.2, 0) is 6.42 Å². The van der Waals surface area contributed by atoms with Crippen LogP contribution < -0.4 is 10.5 Å². The molecule has 1 heterocycles. The maximum Gasteiger partial charge on any atom is 0.226 e. The molecule has 2 N–H and O–H groups in total. The van der Waals surface area contributed by atoms with Crippen molar-refractivity contribution in [2.75, 3.05) is 13.2 Å². The topological polar surface area (TPSA) is 61.3 Å². The predicted octanol–water partition coefficient (Wildman–Crippen LogP) is 2.38. The quantitative estimate of drug-likeness (QED) is 0.885. The molecule has 0 aliphatic heterocycles. The molecule has 4 nitrogen and oxygen atoms in total. The van der Waals surface area contributed by atoms with Crippen molar-refractivity contribution in [1.29, 1.82) is 0 Å². The second-order valence-electron chi connectivity index (χ2n) is 3.76. The van der Waals surface area contributed by atoms with Gasteiger partial charge in [-0.3, -0.25) is 0 Å². The smallest absolute Gasteiger partial charge is 0.226 e. The fourth-order valence-electron chi connectivity index (χ4n) is 1.61. The molecule has 0 saturated heterocycles. The lowest BCUT2D eigenvalue weighted by atomic mass is 10.2. The number of nitrogens with two attached hydrogens (primary N) is 1. The number of oxazole rings is 1. The zero-order chi connectivity index (χ0) is 13.0. The van der Waals surface area contributed by atoms with Gasteiger partial charge in [-0.25, -0.2) is 9.37 Å². The minimum absolute atomic E-state index is 0.231. The van der Waals surface area contributed by atoms with Crippen molar-refractivity contribution in [3.8, 4) is 17.2 Å². The third-order valence-electron chi connectivity index (χ3n) is 2.43. The molecule has 0 radical (unpaired) electrons. The Balaban J connectivity index is 2.24. The van der Waals surface area contributed by atoms with E-state index in [0.717, 1.165) is 5.69 Å². The summed E-state index contributed by atoms with van der Waals surface area (Å²) in [6.07, 6.45) is 2.18. The summed E-state index contributed by atoms with van der Waals surface area (Å²) in [6, 6.07) is 4.64. The van der Waals surface area contributed by atoms with Crippen molar-refractivity contribution in [2.45, 2.75) is 13.3 Å². The average molecular weight is 250 g/mol. The van der Waals surface area contributed by atoms with Crippen molar-refractivity contribution in [3.63, 3.8) is 0 Å². The van der Waals surface area contributed by atoms with Crippen molar-refractivity contribution < 1.29 is 13.5 Å². The van der Waals surface area contributed by atoms with Crippen LogP contribution in [0, 0.1) is 5.82 Å². The number of benzene rings is 1. The Hall–Kier alpha value is -1.88. The minimum atomic E-state index is -0.423. The van der Waals surface area contributed by atoms with E-state index < -0.39 is 5.82 Å². The fourth-order valence-corrected chi connectivity index (χ4v) is 1.61. The molecule has 0 atom stereocenters. The molecular weight excluding hydrogens is 235 g/mol. The van der Waals surface area contributed by atoms with Gasteiger partial charge in [-0.15, -0.1) is 0 Å². The molecule has 96 valence electrons. The summed E-state index contributed by atoms with van der Waals surface area (Å²) >= 11 is 0. The number of nitrogens with zero attached hydrogens (tertiary/aromatic N) is 1. The summed E-state index contributed by atoms with van der Waals surface area (Å²) in [5.41, 5.74) is 6.78. The van der Waals surface area contributed by atoms with Crippen LogP contribution in [0.4, 0.5) is 4.39 Å². The summed E-state index contributed by atoms with van der Waals surface area (Å²) in [6.45, 7) is 2.74. The molecule has 18 heavy (non-hydrogen) atoms. The van der Waals surface area contributed by atoms with Crippen molar-refractivity contribution in [1.82, 2.24) is 4.98 Å². The van der Waals surface area contributed by atoms with Crippen molar-refractivity contribution in [2.24, 2.45) is 5.73 Å². The molecule has 0 aliphatic rings. The second-order valence-corrected chi connectivity index (χ2v) is 3.76. The van der Waals surface area contributed by atoms with Gasteiger partial charge in [0.05, 0.1) is 12.3 Å². The van der Waals surface area contributed by atoms with Crippen LogP contribution in [0.3, 0.4) is 0 Å². The highest BCUT2D eigenvalue weighted by Gasteiger charge is 2.10. The first-order valence-electron chi connectivity index (χ1n) is 5.81. The van der Waals surface area contributed by atoms with Crippen LogP contribution in [0.15, 0.2) is 28.9 Å². The summed E-state index contributed by atoms with van der Waals surface area (Å²) in [5.74, 6) is 0.198. The van der Waals surface area contributed by atoms with E-state index in [1.165, 1.54) is 12.3 Å². The molecule has 0 fully saturated rings. The number of hydrogen-bond donors (Lipinski definition) is 1.